The first-order valence-corrected chi connectivity index (χ1v) is 10.1. The molecular weight excluding hydrogens is 368 g/mol. The number of rotatable bonds is 5. The Balaban J connectivity index is 1.82. The van der Waals surface area contributed by atoms with Gasteiger partial charge in [0.2, 0.25) is 0 Å². The van der Waals surface area contributed by atoms with Gasteiger partial charge in [0.25, 0.3) is 16.1 Å². The third-order valence-corrected chi connectivity index (χ3v) is 6.32. The third-order valence-electron chi connectivity index (χ3n) is 4.85. The number of amides is 1. The monoisotopic (exact) mass is 392 g/mol. The molecule has 0 saturated heterocycles. The zero-order valence-corrected chi connectivity index (χ0v) is 16.8. The molecule has 0 spiro atoms. The molecular formula is C18H24N4O4S. The van der Waals surface area contributed by atoms with Crippen molar-refractivity contribution in [1.29, 1.82) is 0 Å². The number of furan rings is 1. The molecule has 1 amide bonds. The average molecular weight is 392 g/mol. The van der Waals surface area contributed by atoms with E-state index in [0.717, 1.165) is 32.3 Å². The number of pyridine rings is 1. The topological polar surface area (TPSA) is 95.7 Å². The summed E-state index contributed by atoms with van der Waals surface area (Å²) in [4.78, 5) is 18.8. The van der Waals surface area contributed by atoms with Gasteiger partial charge in [-0.1, -0.05) is 0 Å². The number of fused-ring (bicyclic) bond motifs is 1. The van der Waals surface area contributed by atoms with Crippen molar-refractivity contribution < 1.29 is 17.6 Å². The highest BCUT2D eigenvalue weighted by molar-refractivity contribution is 7.87. The van der Waals surface area contributed by atoms with Crippen LogP contribution in [0.4, 0.5) is 0 Å². The van der Waals surface area contributed by atoms with Crippen LogP contribution in [-0.2, 0) is 29.7 Å². The summed E-state index contributed by atoms with van der Waals surface area (Å²) in [5.41, 5.74) is 4.47. The lowest BCUT2D eigenvalue weighted by Gasteiger charge is -2.30. The minimum atomic E-state index is -3.52. The van der Waals surface area contributed by atoms with E-state index in [0.29, 0.717) is 25.3 Å². The van der Waals surface area contributed by atoms with Crippen LogP contribution < -0.4 is 4.72 Å². The SMILES string of the molecule is Cc1ccoc1C(=O)N1CCc2c(cnc(C)c2CNS(=O)(=O)N(C)C)C1. The standard InChI is InChI=1S/C18H24N4O4S/c1-12-6-8-26-17(12)18(23)22-7-5-15-14(11-22)9-19-13(2)16(15)10-20-27(24,25)21(3)4/h6,8-9,20H,5,7,10-11H2,1-4H3. The van der Waals surface area contributed by atoms with Crippen LogP contribution in [0.15, 0.2) is 22.9 Å². The number of aryl methyl sites for hydroxylation is 2. The van der Waals surface area contributed by atoms with Gasteiger partial charge in [-0.05, 0) is 43.0 Å². The minimum absolute atomic E-state index is 0.140. The number of hydrogen-bond acceptors (Lipinski definition) is 5. The van der Waals surface area contributed by atoms with Gasteiger partial charge in [-0.15, -0.1) is 0 Å². The maximum atomic E-state index is 12.7. The molecule has 0 fully saturated rings. The molecule has 2 aromatic rings. The fraction of sp³-hybridized carbons (Fsp3) is 0.444. The van der Waals surface area contributed by atoms with E-state index in [4.69, 9.17) is 4.42 Å². The Morgan fingerprint density at radius 1 is 1.37 bits per heavy atom. The van der Waals surface area contributed by atoms with Crippen molar-refractivity contribution in [1.82, 2.24) is 18.9 Å². The predicted molar refractivity (Wildman–Crippen MR) is 100 cm³/mol. The lowest BCUT2D eigenvalue weighted by atomic mass is 9.95. The molecule has 146 valence electrons. The molecule has 0 aliphatic carbocycles. The van der Waals surface area contributed by atoms with Crippen LogP contribution >= 0.6 is 0 Å². The molecule has 27 heavy (non-hydrogen) atoms. The van der Waals surface area contributed by atoms with E-state index >= 15 is 0 Å². The van der Waals surface area contributed by atoms with E-state index in [-0.39, 0.29) is 12.5 Å². The summed E-state index contributed by atoms with van der Waals surface area (Å²) in [7, 11) is -0.559. The maximum Gasteiger partial charge on any atom is 0.290 e. The Labute approximate surface area is 159 Å². The summed E-state index contributed by atoms with van der Waals surface area (Å²) in [6, 6.07) is 1.77. The average Bonchev–Trinajstić information content (AvgIpc) is 3.05. The van der Waals surface area contributed by atoms with Crippen molar-refractivity contribution >= 4 is 16.1 Å². The number of carbonyl (C=O) groups excluding carboxylic acids is 1. The van der Waals surface area contributed by atoms with E-state index in [1.807, 2.05) is 13.8 Å². The van der Waals surface area contributed by atoms with E-state index in [9.17, 15) is 13.2 Å². The molecule has 1 aliphatic rings. The fourth-order valence-electron chi connectivity index (χ4n) is 3.16. The Morgan fingerprint density at radius 2 is 2.11 bits per heavy atom. The van der Waals surface area contributed by atoms with Crippen molar-refractivity contribution in [2.75, 3.05) is 20.6 Å². The molecule has 3 heterocycles. The Hall–Kier alpha value is -2.23. The van der Waals surface area contributed by atoms with Crippen molar-refractivity contribution in [2.45, 2.75) is 33.4 Å². The predicted octanol–water partition coefficient (Wildman–Crippen LogP) is 1.39. The van der Waals surface area contributed by atoms with Crippen molar-refractivity contribution in [3.8, 4) is 0 Å². The van der Waals surface area contributed by atoms with Crippen molar-refractivity contribution in [2.24, 2.45) is 0 Å². The summed E-state index contributed by atoms with van der Waals surface area (Å²) < 4.78 is 33.1. The lowest BCUT2D eigenvalue weighted by molar-refractivity contribution is 0.0701. The summed E-state index contributed by atoms with van der Waals surface area (Å²) >= 11 is 0. The molecule has 0 atom stereocenters. The molecule has 8 nitrogen and oxygen atoms in total. The molecule has 0 radical (unpaired) electrons. The zero-order valence-electron chi connectivity index (χ0n) is 15.9. The van der Waals surface area contributed by atoms with Gasteiger partial charge in [0.15, 0.2) is 5.76 Å². The van der Waals surface area contributed by atoms with Gasteiger partial charge in [-0.2, -0.15) is 17.4 Å². The normalized spacial score (nSPS) is 14.5. The summed E-state index contributed by atoms with van der Waals surface area (Å²) in [6.07, 6.45) is 3.92. The Bertz CT molecular complexity index is 966. The molecule has 2 aromatic heterocycles. The van der Waals surface area contributed by atoms with Gasteiger partial charge in [0, 0.05) is 51.2 Å². The molecule has 9 heteroatoms. The van der Waals surface area contributed by atoms with E-state index in [2.05, 4.69) is 9.71 Å². The van der Waals surface area contributed by atoms with E-state index in [1.54, 1.807) is 17.2 Å². The fourth-order valence-corrected chi connectivity index (χ4v) is 3.74. The molecule has 0 aromatic carbocycles. The van der Waals surface area contributed by atoms with Crippen molar-refractivity contribution in [3.63, 3.8) is 0 Å². The minimum Gasteiger partial charge on any atom is -0.459 e. The first kappa shape index (κ1) is 19.5. The second-order valence-electron chi connectivity index (χ2n) is 6.84. The van der Waals surface area contributed by atoms with Crippen LogP contribution in [0.25, 0.3) is 0 Å². The van der Waals surface area contributed by atoms with Gasteiger partial charge in [0.05, 0.1) is 6.26 Å². The highest BCUT2D eigenvalue weighted by Crippen LogP contribution is 2.25. The lowest BCUT2D eigenvalue weighted by Crippen LogP contribution is -2.38. The summed E-state index contributed by atoms with van der Waals surface area (Å²) in [5, 5.41) is 0. The molecule has 3 rings (SSSR count). The van der Waals surface area contributed by atoms with Gasteiger partial charge in [-0.25, -0.2) is 0 Å². The highest BCUT2D eigenvalue weighted by atomic mass is 32.2. The van der Waals surface area contributed by atoms with Crippen LogP contribution in [-0.4, -0.2) is 49.2 Å². The molecule has 0 saturated carbocycles. The molecule has 1 aliphatic heterocycles. The smallest absolute Gasteiger partial charge is 0.290 e. The van der Waals surface area contributed by atoms with Crippen LogP contribution in [0.5, 0.6) is 0 Å². The molecule has 1 N–H and O–H groups in total. The van der Waals surface area contributed by atoms with Gasteiger partial charge >= 0.3 is 0 Å². The largest absolute Gasteiger partial charge is 0.459 e. The molecule has 0 unspecified atom stereocenters. The van der Waals surface area contributed by atoms with Crippen LogP contribution in [0, 0.1) is 13.8 Å². The number of nitrogens with zero attached hydrogens (tertiary/aromatic N) is 3. The van der Waals surface area contributed by atoms with Crippen LogP contribution in [0.2, 0.25) is 0 Å². The van der Waals surface area contributed by atoms with E-state index in [1.165, 1.54) is 20.4 Å². The van der Waals surface area contributed by atoms with Gasteiger partial charge < -0.3 is 9.32 Å². The maximum absolute atomic E-state index is 12.7. The first-order chi connectivity index (χ1) is 12.7. The number of carbonyl (C=O) groups is 1. The second kappa shape index (κ2) is 7.41. The Kier molecular flexibility index (Phi) is 5.36. The zero-order chi connectivity index (χ0) is 19.8. The molecule has 0 bridgehead atoms. The summed E-state index contributed by atoms with van der Waals surface area (Å²) in [6.45, 7) is 4.85. The van der Waals surface area contributed by atoms with Crippen molar-refractivity contribution in [3.05, 3.63) is 52.2 Å². The number of aromatic nitrogens is 1. The van der Waals surface area contributed by atoms with Crippen LogP contribution in [0.1, 0.15) is 38.5 Å². The van der Waals surface area contributed by atoms with Gasteiger partial charge in [0.1, 0.15) is 0 Å². The quantitative estimate of drug-likeness (QED) is 0.829. The number of hydrogen-bond donors (Lipinski definition) is 1. The van der Waals surface area contributed by atoms with Gasteiger partial charge in [-0.3, -0.25) is 9.78 Å². The third kappa shape index (κ3) is 3.90. The van der Waals surface area contributed by atoms with Crippen LogP contribution in [0.3, 0.4) is 0 Å². The first-order valence-electron chi connectivity index (χ1n) is 8.67. The summed E-state index contributed by atoms with van der Waals surface area (Å²) in [5.74, 6) is 0.219. The number of nitrogens with one attached hydrogen (secondary N) is 1. The van der Waals surface area contributed by atoms with E-state index < -0.39 is 10.2 Å². The Morgan fingerprint density at radius 3 is 2.74 bits per heavy atom. The second-order valence-corrected chi connectivity index (χ2v) is 8.81. The highest BCUT2D eigenvalue weighted by Gasteiger charge is 2.27.